The van der Waals surface area contributed by atoms with Gasteiger partial charge in [0.05, 0.1) is 19.8 Å². The number of benzene rings is 1. The van der Waals surface area contributed by atoms with Gasteiger partial charge in [0, 0.05) is 0 Å². The molecule has 0 bridgehead atoms. The Morgan fingerprint density at radius 2 is 2.11 bits per heavy atom. The fourth-order valence-corrected chi connectivity index (χ4v) is 2.22. The number of hydrogen-bond acceptors (Lipinski definition) is 4. The molecule has 0 heterocycles. The summed E-state index contributed by atoms with van der Waals surface area (Å²) < 4.78 is 11.2. The Labute approximate surface area is 107 Å². The third kappa shape index (κ3) is 3.11. The molecule has 4 nitrogen and oxygen atoms in total. The van der Waals surface area contributed by atoms with Crippen LogP contribution in [0, 0.1) is 0 Å². The van der Waals surface area contributed by atoms with Crippen molar-refractivity contribution in [2.24, 2.45) is 4.99 Å². The summed E-state index contributed by atoms with van der Waals surface area (Å²) in [6.07, 6.45) is 6.46. The summed E-state index contributed by atoms with van der Waals surface area (Å²) in [7, 11) is 1.63. The SMILES string of the molecule is COc1ccc(CN=C=O)cc1OC1CCCC1. The van der Waals surface area contributed by atoms with Gasteiger partial charge in [-0.3, -0.25) is 0 Å². The Bertz CT molecular complexity index is 446. The highest BCUT2D eigenvalue weighted by atomic mass is 16.5. The summed E-state index contributed by atoms with van der Waals surface area (Å²) in [6, 6.07) is 5.61. The van der Waals surface area contributed by atoms with Crippen molar-refractivity contribution in [1.29, 1.82) is 0 Å². The van der Waals surface area contributed by atoms with Crippen LogP contribution in [0.5, 0.6) is 11.5 Å². The van der Waals surface area contributed by atoms with Crippen molar-refractivity contribution in [1.82, 2.24) is 0 Å². The lowest BCUT2D eigenvalue weighted by Gasteiger charge is -2.16. The molecule has 0 aliphatic heterocycles. The van der Waals surface area contributed by atoms with Crippen molar-refractivity contribution in [2.75, 3.05) is 7.11 Å². The maximum atomic E-state index is 10.1. The fraction of sp³-hybridized carbons (Fsp3) is 0.500. The quantitative estimate of drug-likeness (QED) is 0.593. The molecule has 0 unspecified atom stereocenters. The van der Waals surface area contributed by atoms with Crippen LogP contribution < -0.4 is 9.47 Å². The zero-order chi connectivity index (χ0) is 12.8. The topological polar surface area (TPSA) is 47.9 Å². The van der Waals surface area contributed by atoms with Gasteiger partial charge < -0.3 is 9.47 Å². The molecule has 0 N–H and O–H groups in total. The maximum absolute atomic E-state index is 10.1. The standard InChI is InChI=1S/C14H17NO3/c1-17-13-7-6-11(9-15-10-16)8-14(13)18-12-4-2-3-5-12/h6-8,12H,2-5,9H2,1H3. The van der Waals surface area contributed by atoms with Crippen LogP contribution in [0.4, 0.5) is 0 Å². The van der Waals surface area contributed by atoms with E-state index in [0.717, 1.165) is 29.9 Å². The zero-order valence-corrected chi connectivity index (χ0v) is 10.5. The molecule has 18 heavy (non-hydrogen) atoms. The van der Waals surface area contributed by atoms with Gasteiger partial charge in [-0.15, -0.1) is 0 Å². The van der Waals surface area contributed by atoms with E-state index in [4.69, 9.17) is 9.47 Å². The van der Waals surface area contributed by atoms with E-state index in [0.29, 0.717) is 6.54 Å². The Morgan fingerprint density at radius 3 is 2.78 bits per heavy atom. The molecule has 4 heteroatoms. The molecular weight excluding hydrogens is 230 g/mol. The molecule has 1 saturated carbocycles. The highest BCUT2D eigenvalue weighted by Crippen LogP contribution is 2.32. The van der Waals surface area contributed by atoms with Gasteiger partial charge in [-0.1, -0.05) is 6.07 Å². The minimum atomic E-state index is 0.281. The average molecular weight is 247 g/mol. The minimum absolute atomic E-state index is 0.281. The van der Waals surface area contributed by atoms with Crippen molar-refractivity contribution in [3.8, 4) is 11.5 Å². The first-order valence-electron chi connectivity index (χ1n) is 6.20. The van der Waals surface area contributed by atoms with Crippen LogP contribution in [0.3, 0.4) is 0 Å². The van der Waals surface area contributed by atoms with E-state index in [1.807, 2.05) is 18.2 Å². The molecule has 0 aromatic heterocycles. The van der Waals surface area contributed by atoms with Crippen molar-refractivity contribution in [3.63, 3.8) is 0 Å². The second-order valence-corrected chi connectivity index (χ2v) is 4.42. The summed E-state index contributed by atoms with van der Waals surface area (Å²) in [6.45, 7) is 0.328. The van der Waals surface area contributed by atoms with Gasteiger partial charge in [-0.05, 0) is 43.4 Å². The molecule has 96 valence electrons. The van der Waals surface area contributed by atoms with Gasteiger partial charge in [0.25, 0.3) is 0 Å². The van der Waals surface area contributed by atoms with Crippen LogP contribution in [0.1, 0.15) is 31.2 Å². The van der Waals surface area contributed by atoms with Gasteiger partial charge in [0.1, 0.15) is 0 Å². The Hall–Kier alpha value is -1.80. The Kier molecular flexibility index (Phi) is 4.37. The molecule has 1 fully saturated rings. The second-order valence-electron chi connectivity index (χ2n) is 4.42. The third-order valence-corrected chi connectivity index (χ3v) is 3.15. The molecule has 0 saturated heterocycles. The number of nitrogens with zero attached hydrogens (tertiary/aromatic N) is 1. The van der Waals surface area contributed by atoms with Crippen LogP contribution >= 0.6 is 0 Å². The second kappa shape index (κ2) is 6.22. The third-order valence-electron chi connectivity index (χ3n) is 3.15. The van der Waals surface area contributed by atoms with Gasteiger partial charge in [0.2, 0.25) is 6.08 Å². The summed E-state index contributed by atoms with van der Waals surface area (Å²) in [5, 5.41) is 0. The largest absolute Gasteiger partial charge is 0.493 e. The molecule has 1 aromatic carbocycles. The number of methoxy groups -OCH3 is 1. The molecule has 1 aliphatic rings. The fourth-order valence-electron chi connectivity index (χ4n) is 2.22. The van der Waals surface area contributed by atoms with E-state index in [2.05, 4.69) is 4.99 Å². The predicted octanol–water partition coefficient (Wildman–Crippen LogP) is 2.85. The molecule has 0 spiro atoms. The zero-order valence-electron chi connectivity index (χ0n) is 10.5. The van der Waals surface area contributed by atoms with Crippen LogP contribution in [0.25, 0.3) is 0 Å². The van der Waals surface area contributed by atoms with Gasteiger partial charge in [-0.2, -0.15) is 0 Å². The van der Waals surface area contributed by atoms with Gasteiger partial charge >= 0.3 is 0 Å². The summed E-state index contributed by atoms with van der Waals surface area (Å²) >= 11 is 0. The molecule has 1 aliphatic carbocycles. The van der Waals surface area contributed by atoms with Crippen molar-refractivity contribution in [3.05, 3.63) is 23.8 Å². The van der Waals surface area contributed by atoms with Crippen LogP contribution in [0.15, 0.2) is 23.2 Å². The highest BCUT2D eigenvalue weighted by Gasteiger charge is 2.18. The Balaban J connectivity index is 2.15. The lowest BCUT2D eigenvalue weighted by molar-refractivity contribution is 0.200. The Morgan fingerprint density at radius 1 is 1.33 bits per heavy atom. The van der Waals surface area contributed by atoms with Gasteiger partial charge in [0.15, 0.2) is 11.5 Å². The van der Waals surface area contributed by atoms with E-state index in [1.54, 1.807) is 13.2 Å². The van der Waals surface area contributed by atoms with Crippen molar-refractivity contribution < 1.29 is 14.3 Å². The van der Waals surface area contributed by atoms with E-state index < -0.39 is 0 Å². The first-order valence-corrected chi connectivity index (χ1v) is 6.20. The smallest absolute Gasteiger partial charge is 0.235 e. The molecule has 0 atom stereocenters. The van der Waals surface area contributed by atoms with Crippen LogP contribution in [-0.2, 0) is 11.3 Å². The summed E-state index contributed by atoms with van der Waals surface area (Å²) in [5.74, 6) is 1.46. The van der Waals surface area contributed by atoms with Crippen LogP contribution in [-0.4, -0.2) is 19.3 Å². The van der Waals surface area contributed by atoms with E-state index in [1.165, 1.54) is 12.8 Å². The molecule has 0 radical (unpaired) electrons. The lowest BCUT2D eigenvalue weighted by Crippen LogP contribution is -2.11. The lowest BCUT2D eigenvalue weighted by atomic mass is 10.2. The van der Waals surface area contributed by atoms with Crippen LogP contribution in [0.2, 0.25) is 0 Å². The van der Waals surface area contributed by atoms with E-state index in [9.17, 15) is 4.79 Å². The minimum Gasteiger partial charge on any atom is -0.493 e. The maximum Gasteiger partial charge on any atom is 0.235 e. The molecule has 1 aromatic rings. The number of hydrogen-bond donors (Lipinski definition) is 0. The predicted molar refractivity (Wildman–Crippen MR) is 67.7 cm³/mol. The normalized spacial score (nSPS) is 15.2. The van der Waals surface area contributed by atoms with E-state index in [-0.39, 0.29) is 6.10 Å². The number of ether oxygens (including phenoxy) is 2. The number of carbonyl (C=O) groups excluding carboxylic acids is 1. The highest BCUT2D eigenvalue weighted by molar-refractivity contribution is 5.43. The number of rotatable bonds is 5. The first-order chi connectivity index (χ1) is 8.83. The number of isocyanates is 1. The molecule has 0 amide bonds. The average Bonchev–Trinajstić information content (AvgIpc) is 2.89. The monoisotopic (exact) mass is 247 g/mol. The van der Waals surface area contributed by atoms with E-state index >= 15 is 0 Å². The van der Waals surface area contributed by atoms with Crippen molar-refractivity contribution in [2.45, 2.75) is 38.3 Å². The molecule has 2 rings (SSSR count). The molecular formula is C14H17NO3. The first kappa shape index (κ1) is 12.7. The summed E-state index contributed by atoms with van der Waals surface area (Å²) in [5.41, 5.74) is 0.923. The summed E-state index contributed by atoms with van der Waals surface area (Å²) in [4.78, 5) is 13.7. The van der Waals surface area contributed by atoms with Gasteiger partial charge in [-0.25, -0.2) is 9.79 Å². The van der Waals surface area contributed by atoms with Crippen molar-refractivity contribution >= 4 is 6.08 Å². The number of aliphatic imine (C=N–C) groups is 1.